The Balaban J connectivity index is 1.85. The number of pyridine rings is 1. The van der Waals surface area contributed by atoms with Crippen LogP contribution >= 0.6 is 11.3 Å². The monoisotopic (exact) mass is 277 g/mol. The molecule has 1 unspecified atom stereocenters. The van der Waals surface area contributed by atoms with Crippen LogP contribution in [0.2, 0.25) is 0 Å². The van der Waals surface area contributed by atoms with E-state index in [4.69, 9.17) is 0 Å². The van der Waals surface area contributed by atoms with Gasteiger partial charge in [-0.25, -0.2) is 4.98 Å². The molecule has 6 heteroatoms. The van der Waals surface area contributed by atoms with Crippen LogP contribution in [-0.4, -0.2) is 19.2 Å². The van der Waals surface area contributed by atoms with E-state index in [0.29, 0.717) is 10.9 Å². The van der Waals surface area contributed by atoms with Crippen LogP contribution in [0.4, 0.5) is 0 Å². The van der Waals surface area contributed by atoms with Crippen LogP contribution in [0.15, 0.2) is 34.1 Å². The molecule has 18 heavy (non-hydrogen) atoms. The Morgan fingerprint density at radius 3 is 3.00 bits per heavy atom. The van der Waals surface area contributed by atoms with E-state index in [9.17, 15) is 4.21 Å². The normalized spacial score (nSPS) is 12.9. The second-order valence-corrected chi connectivity index (χ2v) is 6.08. The number of hydrogen-bond acceptors (Lipinski definition) is 4. The van der Waals surface area contributed by atoms with Gasteiger partial charge in [0.25, 0.3) is 0 Å². The van der Waals surface area contributed by atoms with E-state index < -0.39 is 10.8 Å². The second kappa shape index (κ2) is 4.62. The van der Waals surface area contributed by atoms with Crippen molar-refractivity contribution >= 4 is 33.2 Å². The predicted molar refractivity (Wildman–Crippen MR) is 73.1 cm³/mol. The third kappa shape index (κ3) is 2.21. The van der Waals surface area contributed by atoms with Crippen molar-refractivity contribution in [2.24, 2.45) is 0 Å². The van der Waals surface area contributed by atoms with Gasteiger partial charge in [0.2, 0.25) is 0 Å². The van der Waals surface area contributed by atoms with Crippen molar-refractivity contribution < 1.29 is 4.21 Å². The number of imidazole rings is 1. The summed E-state index contributed by atoms with van der Waals surface area (Å²) in [5.41, 5.74) is 3.58. The Morgan fingerprint density at radius 2 is 2.22 bits per heavy atom. The lowest BCUT2D eigenvalue weighted by molar-refractivity contribution is 0.677. The molecule has 3 aromatic heterocycles. The van der Waals surface area contributed by atoms with Crippen molar-refractivity contribution in [1.29, 1.82) is 0 Å². The van der Waals surface area contributed by atoms with Gasteiger partial charge in [0.1, 0.15) is 5.52 Å². The quantitative estimate of drug-likeness (QED) is 0.800. The van der Waals surface area contributed by atoms with Crippen LogP contribution in [0.5, 0.6) is 0 Å². The first kappa shape index (κ1) is 11.6. The summed E-state index contributed by atoms with van der Waals surface area (Å²) >= 11 is 1.58. The Kier molecular flexibility index (Phi) is 2.97. The maximum absolute atomic E-state index is 12.2. The molecule has 0 fully saturated rings. The molecule has 0 saturated carbocycles. The number of hydrogen-bond donors (Lipinski definition) is 1. The van der Waals surface area contributed by atoms with Crippen LogP contribution in [-0.2, 0) is 16.6 Å². The first-order valence-corrected chi connectivity index (χ1v) is 7.71. The molecule has 0 aliphatic carbocycles. The minimum absolute atomic E-state index is 0.390. The number of fused-ring (bicyclic) bond motifs is 1. The summed E-state index contributed by atoms with van der Waals surface area (Å²) in [4.78, 5) is 11.7. The number of thiophene rings is 1. The van der Waals surface area contributed by atoms with Gasteiger partial charge in [0.05, 0.1) is 27.8 Å². The smallest absolute Gasteiger partial charge is 0.197 e. The lowest BCUT2D eigenvalue weighted by Gasteiger charge is -2.00. The minimum atomic E-state index is -1.18. The van der Waals surface area contributed by atoms with Gasteiger partial charge in [-0.05, 0) is 19.1 Å². The number of rotatable bonds is 3. The number of nitrogens with one attached hydrogen (secondary N) is 1. The maximum atomic E-state index is 12.2. The molecule has 0 aliphatic rings. The van der Waals surface area contributed by atoms with Crippen LogP contribution in [0.3, 0.4) is 0 Å². The summed E-state index contributed by atoms with van der Waals surface area (Å²) in [6, 6.07) is 5.74. The van der Waals surface area contributed by atoms with E-state index in [1.807, 2.05) is 35.9 Å². The summed E-state index contributed by atoms with van der Waals surface area (Å²) in [6.45, 7) is 1.93. The molecule has 0 aliphatic heterocycles. The molecule has 3 heterocycles. The fourth-order valence-electron chi connectivity index (χ4n) is 1.71. The Labute approximate surface area is 111 Å². The number of aromatic amines is 1. The largest absolute Gasteiger partial charge is 0.330 e. The summed E-state index contributed by atoms with van der Waals surface area (Å²) in [6.07, 6.45) is 0. The topological polar surface area (TPSA) is 58.6 Å². The predicted octanol–water partition coefficient (Wildman–Crippen LogP) is 2.64. The van der Waals surface area contributed by atoms with E-state index >= 15 is 0 Å². The van der Waals surface area contributed by atoms with Crippen LogP contribution < -0.4 is 0 Å². The van der Waals surface area contributed by atoms with Crippen molar-refractivity contribution in [3.8, 4) is 0 Å². The molecule has 4 nitrogen and oxygen atoms in total. The van der Waals surface area contributed by atoms with Crippen molar-refractivity contribution in [2.75, 3.05) is 0 Å². The van der Waals surface area contributed by atoms with Gasteiger partial charge in [-0.2, -0.15) is 0 Å². The van der Waals surface area contributed by atoms with Gasteiger partial charge in [-0.3, -0.25) is 9.19 Å². The number of nitrogens with zero attached hydrogens (tertiary/aromatic N) is 2. The van der Waals surface area contributed by atoms with Crippen LogP contribution in [0.25, 0.3) is 11.0 Å². The molecular formula is C12H11N3OS2. The maximum Gasteiger partial charge on any atom is 0.197 e. The average Bonchev–Trinajstić information content (AvgIpc) is 2.88. The Hall–Kier alpha value is -1.53. The highest BCUT2D eigenvalue weighted by Gasteiger charge is 2.11. The number of H-pyrrole nitrogens is 1. The summed E-state index contributed by atoms with van der Waals surface area (Å²) in [7, 11) is -1.18. The SMILES string of the molecule is Cc1cccc(CS(=O)c2nc3cscc3[nH]2)n1. The van der Waals surface area contributed by atoms with Crippen LogP contribution in [0, 0.1) is 6.92 Å². The van der Waals surface area contributed by atoms with E-state index in [1.165, 1.54) is 0 Å². The standard InChI is InChI=1S/C12H11N3OS2/c1-8-3-2-4-9(13-8)7-18(16)12-14-10-5-17-6-11(10)15-12/h2-6H,7H2,1H3,(H,14,15). The fraction of sp³-hybridized carbons (Fsp3) is 0.167. The van der Waals surface area contributed by atoms with Gasteiger partial charge in [0.15, 0.2) is 5.16 Å². The zero-order valence-corrected chi connectivity index (χ0v) is 11.3. The number of aromatic nitrogens is 3. The third-order valence-corrected chi connectivity index (χ3v) is 4.46. The molecule has 0 saturated heterocycles. The average molecular weight is 277 g/mol. The van der Waals surface area contributed by atoms with Gasteiger partial charge >= 0.3 is 0 Å². The third-order valence-electron chi connectivity index (χ3n) is 2.55. The van der Waals surface area contributed by atoms with E-state index in [0.717, 1.165) is 22.4 Å². The molecule has 0 spiro atoms. The van der Waals surface area contributed by atoms with E-state index in [1.54, 1.807) is 11.3 Å². The summed E-state index contributed by atoms with van der Waals surface area (Å²) in [5, 5.41) is 4.43. The van der Waals surface area contributed by atoms with Crippen molar-refractivity contribution in [3.63, 3.8) is 0 Å². The molecule has 0 radical (unpaired) electrons. The highest BCUT2D eigenvalue weighted by Crippen LogP contribution is 2.18. The molecule has 1 atom stereocenters. The van der Waals surface area contributed by atoms with Crippen molar-refractivity contribution in [2.45, 2.75) is 17.8 Å². The first-order valence-electron chi connectivity index (χ1n) is 5.45. The molecular weight excluding hydrogens is 266 g/mol. The summed E-state index contributed by atoms with van der Waals surface area (Å²) in [5.74, 6) is 0.390. The van der Waals surface area contributed by atoms with Gasteiger partial charge < -0.3 is 4.98 Å². The fourth-order valence-corrected chi connectivity index (χ4v) is 3.40. The zero-order chi connectivity index (χ0) is 12.5. The van der Waals surface area contributed by atoms with Crippen LogP contribution in [0.1, 0.15) is 11.4 Å². The molecule has 0 bridgehead atoms. The van der Waals surface area contributed by atoms with Crippen molar-refractivity contribution in [1.82, 2.24) is 15.0 Å². The van der Waals surface area contributed by atoms with E-state index in [2.05, 4.69) is 15.0 Å². The van der Waals surface area contributed by atoms with Crippen molar-refractivity contribution in [3.05, 3.63) is 40.3 Å². The van der Waals surface area contributed by atoms with Gasteiger partial charge in [-0.1, -0.05) is 6.07 Å². The van der Waals surface area contributed by atoms with Gasteiger partial charge in [-0.15, -0.1) is 11.3 Å². The molecule has 0 amide bonds. The lowest BCUT2D eigenvalue weighted by Crippen LogP contribution is -2.01. The highest BCUT2D eigenvalue weighted by molar-refractivity contribution is 7.84. The molecule has 92 valence electrons. The Morgan fingerprint density at radius 1 is 1.33 bits per heavy atom. The molecule has 1 N–H and O–H groups in total. The molecule has 0 aromatic carbocycles. The van der Waals surface area contributed by atoms with Gasteiger partial charge in [0, 0.05) is 16.5 Å². The Bertz CT molecular complexity index is 688. The molecule has 3 aromatic rings. The lowest BCUT2D eigenvalue weighted by atomic mass is 10.3. The zero-order valence-electron chi connectivity index (χ0n) is 9.71. The minimum Gasteiger partial charge on any atom is -0.330 e. The second-order valence-electron chi connectivity index (χ2n) is 3.97. The number of aryl methyl sites for hydroxylation is 1. The first-order chi connectivity index (χ1) is 8.72. The highest BCUT2D eigenvalue weighted by atomic mass is 32.2. The summed E-state index contributed by atoms with van der Waals surface area (Å²) < 4.78 is 12.2. The van der Waals surface area contributed by atoms with E-state index in [-0.39, 0.29) is 0 Å². The molecule has 3 rings (SSSR count).